The van der Waals surface area contributed by atoms with Crippen LogP contribution in [0.15, 0.2) is 71.3 Å². The van der Waals surface area contributed by atoms with Gasteiger partial charge in [0.2, 0.25) is 5.71 Å². The molecule has 0 aliphatic heterocycles. The number of aryl methyl sites for hydroxylation is 1. The van der Waals surface area contributed by atoms with Crippen molar-refractivity contribution >= 4 is 16.9 Å². The van der Waals surface area contributed by atoms with Crippen LogP contribution in [-0.4, -0.2) is 10.8 Å². The summed E-state index contributed by atoms with van der Waals surface area (Å²) in [7, 11) is 0. The molecule has 4 nitrogen and oxygen atoms in total. The lowest BCUT2D eigenvalue weighted by molar-refractivity contribution is -0.117. The minimum Gasteiger partial charge on any atom is -0.456 e. The summed E-state index contributed by atoms with van der Waals surface area (Å²) in [6.07, 6.45) is 2.24. The minimum atomic E-state index is -0.302. The number of rotatable bonds is 6. The summed E-state index contributed by atoms with van der Waals surface area (Å²) < 4.78 is 24.4. The van der Waals surface area contributed by atoms with E-state index in [-0.39, 0.29) is 18.0 Å². The highest BCUT2D eigenvalue weighted by Gasteiger charge is 2.10. The lowest BCUT2D eigenvalue weighted by Crippen LogP contribution is -2.06. The number of benzene rings is 2. The molecule has 0 N–H and O–H groups in total. The number of Topliss-reactive ketones (excluding diaryl/α,β-unsaturated/α-hetero) is 1. The van der Waals surface area contributed by atoms with Crippen molar-refractivity contribution in [3.05, 3.63) is 89.6 Å². The zero-order valence-electron chi connectivity index (χ0n) is 15.3. The molecule has 0 atom stereocenters. The van der Waals surface area contributed by atoms with Crippen LogP contribution in [-0.2, 0) is 17.6 Å². The van der Waals surface area contributed by atoms with Gasteiger partial charge in [-0.25, -0.2) is 9.37 Å². The molecule has 2 heterocycles. The number of carbonyl (C=O) groups is 1. The van der Waals surface area contributed by atoms with E-state index in [0.29, 0.717) is 23.6 Å². The Labute approximate surface area is 161 Å². The molecule has 28 heavy (non-hydrogen) atoms. The predicted octanol–water partition coefficient (Wildman–Crippen LogP) is 5.42. The molecule has 0 spiro atoms. The second-order valence-corrected chi connectivity index (χ2v) is 6.65. The minimum absolute atomic E-state index is 0.0741. The van der Waals surface area contributed by atoms with Gasteiger partial charge in [0.05, 0.1) is 5.39 Å². The normalized spacial score (nSPS) is 10.9. The van der Waals surface area contributed by atoms with Gasteiger partial charge in [-0.15, -0.1) is 0 Å². The van der Waals surface area contributed by atoms with Crippen LogP contribution in [0.4, 0.5) is 4.39 Å². The fraction of sp³-hybridized carbons (Fsp3) is 0.130. The first-order valence-corrected chi connectivity index (χ1v) is 8.95. The number of fused-ring (bicyclic) bond motifs is 1. The van der Waals surface area contributed by atoms with E-state index in [1.807, 2.05) is 37.3 Å². The van der Waals surface area contributed by atoms with E-state index in [1.165, 1.54) is 12.1 Å². The van der Waals surface area contributed by atoms with Crippen LogP contribution in [0.5, 0.6) is 11.5 Å². The Kier molecular flexibility index (Phi) is 4.89. The molecule has 5 heteroatoms. The largest absolute Gasteiger partial charge is 0.456 e. The molecule has 0 amide bonds. The van der Waals surface area contributed by atoms with E-state index in [0.717, 1.165) is 22.3 Å². The number of furan rings is 1. The third-order valence-electron chi connectivity index (χ3n) is 4.39. The van der Waals surface area contributed by atoms with Crippen molar-refractivity contribution in [3.8, 4) is 11.5 Å². The number of hydrogen-bond acceptors (Lipinski definition) is 4. The maximum Gasteiger partial charge on any atom is 0.229 e. The number of aromatic nitrogens is 1. The average molecular weight is 375 g/mol. The number of carbonyl (C=O) groups excluding carboxylic acids is 1. The van der Waals surface area contributed by atoms with E-state index in [4.69, 9.17) is 9.15 Å². The summed E-state index contributed by atoms with van der Waals surface area (Å²) in [5.41, 5.74) is 2.25. The Balaban J connectivity index is 1.42. The highest BCUT2D eigenvalue weighted by molar-refractivity contribution is 5.83. The van der Waals surface area contributed by atoms with Gasteiger partial charge in [-0.3, -0.25) is 4.79 Å². The Bertz CT molecular complexity index is 1120. The number of pyridine rings is 1. The van der Waals surface area contributed by atoms with Crippen molar-refractivity contribution in [3.63, 3.8) is 0 Å². The Morgan fingerprint density at radius 2 is 1.64 bits per heavy atom. The summed E-state index contributed by atoms with van der Waals surface area (Å²) in [5.74, 6) is 1.88. The number of ether oxygens (including phenoxy) is 1. The fourth-order valence-electron chi connectivity index (χ4n) is 3.05. The molecule has 0 aliphatic rings. The first kappa shape index (κ1) is 17.9. The molecule has 2 aromatic heterocycles. The molecule has 0 fully saturated rings. The third kappa shape index (κ3) is 4.09. The number of hydrogen-bond donors (Lipinski definition) is 0. The lowest BCUT2D eigenvalue weighted by atomic mass is 10.0. The van der Waals surface area contributed by atoms with E-state index >= 15 is 0 Å². The number of ketones is 1. The molecule has 4 rings (SSSR count). The molecule has 0 saturated heterocycles. The molecule has 0 radical (unpaired) electrons. The van der Waals surface area contributed by atoms with Crippen LogP contribution in [0, 0.1) is 12.7 Å². The van der Waals surface area contributed by atoms with Crippen LogP contribution < -0.4 is 4.74 Å². The summed E-state index contributed by atoms with van der Waals surface area (Å²) in [5, 5.41) is 0.818. The van der Waals surface area contributed by atoms with Gasteiger partial charge in [-0.2, -0.15) is 0 Å². The lowest BCUT2D eigenvalue weighted by Gasteiger charge is -2.07. The Hall–Kier alpha value is -3.47. The second kappa shape index (κ2) is 7.64. The molecule has 140 valence electrons. The maximum absolute atomic E-state index is 12.9. The first-order valence-electron chi connectivity index (χ1n) is 8.95. The van der Waals surface area contributed by atoms with Gasteiger partial charge >= 0.3 is 0 Å². The van der Waals surface area contributed by atoms with Gasteiger partial charge in [-0.05, 0) is 48.4 Å². The molecule has 0 aliphatic carbocycles. The van der Waals surface area contributed by atoms with Crippen molar-refractivity contribution in [2.24, 2.45) is 0 Å². The van der Waals surface area contributed by atoms with Gasteiger partial charge in [0.1, 0.15) is 28.9 Å². The van der Waals surface area contributed by atoms with Crippen LogP contribution in [0.2, 0.25) is 0 Å². The maximum atomic E-state index is 12.9. The van der Waals surface area contributed by atoms with Crippen LogP contribution in [0.3, 0.4) is 0 Å². The zero-order chi connectivity index (χ0) is 19.5. The predicted molar refractivity (Wildman–Crippen MR) is 104 cm³/mol. The standard InChI is InChI=1S/C23H18FNO3/c1-15-12-21-22(10-11-25-23(21)27-15)28-20-8-4-17(5-9-20)14-19(26)13-16-2-6-18(24)7-3-16/h2-12H,13-14H2,1H3. The molecular weight excluding hydrogens is 357 g/mol. The summed E-state index contributed by atoms with van der Waals surface area (Å²) in [4.78, 5) is 16.4. The smallest absolute Gasteiger partial charge is 0.229 e. The van der Waals surface area contributed by atoms with Crippen LogP contribution >= 0.6 is 0 Å². The summed E-state index contributed by atoms with van der Waals surface area (Å²) >= 11 is 0. The van der Waals surface area contributed by atoms with Gasteiger partial charge in [0.15, 0.2) is 0 Å². The second-order valence-electron chi connectivity index (χ2n) is 6.65. The summed E-state index contributed by atoms with van der Waals surface area (Å²) in [6.45, 7) is 1.86. The quantitative estimate of drug-likeness (QED) is 0.451. The van der Waals surface area contributed by atoms with E-state index in [1.54, 1.807) is 24.4 Å². The van der Waals surface area contributed by atoms with Gasteiger partial charge < -0.3 is 9.15 Å². The van der Waals surface area contributed by atoms with Crippen molar-refractivity contribution < 1.29 is 18.3 Å². The van der Waals surface area contributed by atoms with Gasteiger partial charge in [-0.1, -0.05) is 24.3 Å². The van der Waals surface area contributed by atoms with E-state index < -0.39 is 0 Å². The van der Waals surface area contributed by atoms with Crippen LogP contribution in [0.25, 0.3) is 11.1 Å². The Morgan fingerprint density at radius 3 is 2.32 bits per heavy atom. The number of nitrogens with zero attached hydrogens (tertiary/aromatic N) is 1. The highest BCUT2D eigenvalue weighted by atomic mass is 19.1. The summed E-state index contributed by atoms with van der Waals surface area (Å²) in [6, 6.07) is 17.1. The monoisotopic (exact) mass is 375 g/mol. The van der Waals surface area contributed by atoms with Crippen LogP contribution in [0.1, 0.15) is 16.9 Å². The van der Waals surface area contributed by atoms with Crippen molar-refractivity contribution in [2.75, 3.05) is 0 Å². The SMILES string of the molecule is Cc1cc2c(Oc3ccc(CC(=O)Cc4ccc(F)cc4)cc3)ccnc2o1. The molecule has 0 bridgehead atoms. The number of halogens is 1. The van der Waals surface area contributed by atoms with Gasteiger partial charge in [0.25, 0.3) is 0 Å². The Morgan fingerprint density at radius 1 is 1.00 bits per heavy atom. The molecular formula is C23H18FNO3. The first-order chi connectivity index (χ1) is 13.6. The highest BCUT2D eigenvalue weighted by Crippen LogP contribution is 2.30. The van der Waals surface area contributed by atoms with Gasteiger partial charge in [0, 0.05) is 25.1 Å². The molecule has 0 unspecified atom stereocenters. The zero-order valence-corrected chi connectivity index (χ0v) is 15.3. The van der Waals surface area contributed by atoms with Crippen molar-refractivity contribution in [1.82, 2.24) is 4.98 Å². The van der Waals surface area contributed by atoms with Crippen molar-refractivity contribution in [1.29, 1.82) is 0 Å². The van der Waals surface area contributed by atoms with Crippen molar-refractivity contribution in [2.45, 2.75) is 19.8 Å². The average Bonchev–Trinajstić information content (AvgIpc) is 3.06. The molecule has 0 saturated carbocycles. The van der Waals surface area contributed by atoms with E-state index in [9.17, 15) is 9.18 Å². The molecule has 2 aromatic carbocycles. The van der Waals surface area contributed by atoms with E-state index in [2.05, 4.69) is 4.98 Å². The third-order valence-corrected chi connectivity index (χ3v) is 4.39. The fourth-order valence-corrected chi connectivity index (χ4v) is 3.05. The molecule has 4 aromatic rings. The topological polar surface area (TPSA) is 52.3 Å².